The molecule has 0 aromatic heterocycles. The highest BCUT2D eigenvalue weighted by atomic mass is 16.3. The molecule has 1 aliphatic carbocycles. The molecule has 1 fully saturated rings. The van der Waals surface area contributed by atoms with Crippen LogP contribution in [0.2, 0.25) is 0 Å². The number of phenols is 1. The number of amides is 2. The van der Waals surface area contributed by atoms with E-state index in [0.29, 0.717) is 11.4 Å². The molecule has 2 amide bonds. The number of hydrogen-bond acceptors (Lipinski definition) is 3. The lowest BCUT2D eigenvalue weighted by atomic mass is 10.1. The molecule has 0 bridgehead atoms. The molecule has 3 N–H and O–H groups in total. The van der Waals surface area contributed by atoms with Crippen LogP contribution in [0.3, 0.4) is 0 Å². The molecular formula is C21H18N2O3. The lowest BCUT2D eigenvalue weighted by molar-refractivity contribution is -0.117. The van der Waals surface area contributed by atoms with Crippen molar-refractivity contribution < 1.29 is 14.7 Å². The van der Waals surface area contributed by atoms with Gasteiger partial charge in [0.05, 0.1) is 5.56 Å². The summed E-state index contributed by atoms with van der Waals surface area (Å²) >= 11 is 0. The molecule has 0 spiro atoms. The molecule has 3 aromatic rings. The van der Waals surface area contributed by atoms with Crippen molar-refractivity contribution in [3.05, 3.63) is 66.2 Å². The molecule has 0 heterocycles. The van der Waals surface area contributed by atoms with Crippen LogP contribution in [0.4, 0.5) is 11.4 Å². The van der Waals surface area contributed by atoms with Gasteiger partial charge in [-0.25, -0.2) is 0 Å². The van der Waals surface area contributed by atoms with Crippen LogP contribution in [0.1, 0.15) is 23.2 Å². The molecule has 130 valence electrons. The molecule has 0 saturated heterocycles. The van der Waals surface area contributed by atoms with Gasteiger partial charge in [-0.3, -0.25) is 9.59 Å². The molecular weight excluding hydrogens is 328 g/mol. The van der Waals surface area contributed by atoms with Gasteiger partial charge in [0.1, 0.15) is 5.75 Å². The number of aromatic hydroxyl groups is 1. The summed E-state index contributed by atoms with van der Waals surface area (Å²) in [6, 6.07) is 17.8. The van der Waals surface area contributed by atoms with Crippen LogP contribution in [0.5, 0.6) is 5.75 Å². The number of benzene rings is 3. The number of fused-ring (bicyclic) bond motifs is 1. The third kappa shape index (κ3) is 3.37. The largest absolute Gasteiger partial charge is 0.507 e. The van der Waals surface area contributed by atoms with E-state index in [1.807, 2.05) is 24.3 Å². The second kappa shape index (κ2) is 6.52. The fourth-order valence-corrected chi connectivity index (χ4v) is 2.87. The Balaban J connectivity index is 1.54. The topological polar surface area (TPSA) is 78.4 Å². The lowest BCUT2D eigenvalue weighted by Crippen LogP contribution is -2.15. The van der Waals surface area contributed by atoms with Gasteiger partial charge in [0.15, 0.2) is 0 Å². The van der Waals surface area contributed by atoms with E-state index in [1.54, 1.807) is 36.4 Å². The third-order valence-electron chi connectivity index (χ3n) is 4.44. The molecule has 0 unspecified atom stereocenters. The monoisotopic (exact) mass is 346 g/mol. The van der Waals surface area contributed by atoms with Crippen LogP contribution >= 0.6 is 0 Å². The summed E-state index contributed by atoms with van der Waals surface area (Å²) in [7, 11) is 0. The van der Waals surface area contributed by atoms with Crippen LogP contribution < -0.4 is 10.6 Å². The predicted molar refractivity (Wildman–Crippen MR) is 101 cm³/mol. The second-order valence-corrected chi connectivity index (χ2v) is 6.51. The summed E-state index contributed by atoms with van der Waals surface area (Å²) < 4.78 is 0. The van der Waals surface area contributed by atoms with E-state index in [1.165, 1.54) is 0 Å². The van der Waals surface area contributed by atoms with Crippen LogP contribution in [0.25, 0.3) is 10.8 Å². The molecule has 1 saturated carbocycles. The van der Waals surface area contributed by atoms with E-state index >= 15 is 0 Å². The van der Waals surface area contributed by atoms with Crippen molar-refractivity contribution >= 4 is 34.0 Å². The van der Waals surface area contributed by atoms with E-state index in [-0.39, 0.29) is 23.1 Å². The number of rotatable bonds is 4. The molecule has 5 heteroatoms. The first-order valence-electron chi connectivity index (χ1n) is 8.54. The highest BCUT2D eigenvalue weighted by Gasteiger charge is 2.29. The summed E-state index contributed by atoms with van der Waals surface area (Å²) in [6.45, 7) is 0. The van der Waals surface area contributed by atoms with E-state index in [0.717, 1.165) is 23.6 Å². The molecule has 4 rings (SSSR count). The second-order valence-electron chi connectivity index (χ2n) is 6.51. The van der Waals surface area contributed by atoms with Gasteiger partial charge in [-0.2, -0.15) is 0 Å². The zero-order valence-corrected chi connectivity index (χ0v) is 14.0. The van der Waals surface area contributed by atoms with Crippen molar-refractivity contribution in [3.8, 4) is 5.75 Å². The number of anilines is 2. The Kier molecular flexibility index (Phi) is 4.05. The van der Waals surface area contributed by atoms with Gasteiger partial charge in [-0.1, -0.05) is 30.3 Å². The Morgan fingerprint density at radius 3 is 2.19 bits per heavy atom. The highest BCUT2D eigenvalue weighted by Crippen LogP contribution is 2.30. The van der Waals surface area contributed by atoms with Crippen molar-refractivity contribution in [2.45, 2.75) is 12.8 Å². The Hall–Kier alpha value is -3.34. The van der Waals surface area contributed by atoms with Crippen LogP contribution in [-0.2, 0) is 4.79 Å². The maximum Gasteiger partial charge on any atom is 0.259 e. The number of phenolic OH excluding ortho intramolecular Hbond substituents is 1. The van der Waals surface area contributed by atoms with Gasteiger partial charge in [0, 0.05) is 17.3 Å². The van der Waals surface area contributed by atoms with Crippen molar-refractivity contribution in [1.82, 2.24) is 0 Å². The fraction of sp³-hybridized carbons (Fsp3) is 0.143. The zero-order chi connectivity index (χ0) is 18.1. The smallest absolute Gasteiger partial charge is 0.259 e. The summed E-state index contributed by atoms with van der Waals surface area (Å²) in [5, 5.41) is 17.5. The zero-order valence-electron chi connectivity index (χ0n) is 14.0. The Morgan fingerprint density at radius 1 is 0.846 bits per heavy atom. The van der Waals surface area contributed by atoms with E-state index in [4.69, 9.17) is 0 Å². The summed E-state index contributed by atoms with van der Waals surface area (Å²) in [5.41, 5.74) is 1.40. The van der Waals surface area contributed by atoms with Crippen LogP contribution in [0, 0.1) is 5.92 Å². The van der Waals surface area contributed by atoms with Crippen molar-refractivity contribution in [2.24, 2.45) is 5.92 Å². The molecule has 3 aromatic carbocycles. The summed E-state index contributed by atoms with van der Waals surface area (Å²) in [6.07, 6.45) is 1.87. The minimum Gasteiger partial charge on any atom is -0.507 e. The SMILES string of the molecule is O=C(Nc1cccc(NC(=O)C2CC2)c1)c1cc2ccccc2cc1O. The van der Waals surface area contributed by atoms with Gasteiger partial charge >= 0.3 is 0 Å². The first-order valence-corrected chi connectivity index (χ1v) is 8.54. The number of carbonyl (C=O) groups is 2. The van der Waals surface area contributed by atoms with E-state index in [2.05, 4.69) is 10.6 Å². The Morgan fingerprint density at radius 2 is 1.50 bits per heavy atom. The van der Waals surface area contributed by atoms with Crippen molar-refractivity contribution in [3.63, 3.8) is 0 Å². The van der Waals surface area contributed by atoms with Gasteiger partial charge in [0.2, 0.25) is 5.91 Å². The van der Waals surface area contributed by atoms with Crippen molar-refractivity contribution in [1.29, 1.82) is 0 Å². The Bertz CT molecular complexity index is 1010. The van der Waals surface area contributed by atoms with Gasteiger partial charge in [0.25, 0.3) is 5.91 Å². The molecule has 1 aliphatic rings. The molecule has 0 atom stereocenters. The Labute approximate surface area is 150 Å². The average molecular weight is 346 g/mol. The first kappa shape index (κ1) is 16.1. The number of nitrogens with one attached hydrogen (secondary N) is 2. The third-order valence-corrected chi connectivity index (χ3v) is 4.44. The first-order chi connectivity index (χ1) is 12.6. The maximum atomic E-state index is 12.6. The van der Waals surface area contributed by atoms with Gasteiger partial charge in [-0.05, 0) is 53.9 Å². The number of hydrogen-bond donors (Lipinski definition) is 3. The van der Waals surface area contributed by atoms with E-state index < -0.39 is 5.91 Å². The maximum absolute atomic E-state index is 12.6. The molecule has 0 radical (unpaired) electrons. The quantitative estimate of drug-likeness (QED) is 0.664. The summed E-state index contributed by atoms with van der Waals surface area (Å²) in [4.78, 5) is 24.4. The minimum absolute atomic E-state index is 0.0145. The van der Waals surface area contributed by atoms with Crippen LogP contribution in [0.15, 0.2) is 60.7 Å². The van der Waals surface area contributed by atoms with Crippen molar-refractivity contribution in [2.75, 3.05) is 10.6 Å². The molecule has 0 aliphatic heterocycles. The van der Waals surface area contributed by atoms with E-state index in [9.17, 15) is 14.7 Å². The lowest BCUT2D eigenvalue weighted by Gasteiger charge is -2.10. The summed E-state index contributed by atoms with van der Waals surface area (Å²) in [5.74, 6) is -0.346. The predicted octanol–water partition coefficient (Wildman–Crippen LogP) is 4.15. The standard InChI is InChI=1S/C21H18N2O3/c24-19-11-15-5-2-1-4-14(15)10-18(19)21(26)23-17-7-3-6-16(12-17)22-20(25)13-8-9-13/h1-7,10-13,24H,8-9H2,(H,22,25)(H,23,26). The fourth-order valence-electron chi connectivity index (χ4n) is 2.87. The van der Waals surface area contributed by atoms with Gasteiger partial charge in [-0.15, -0.1) is 0 Å². The molecule has 5 nitrogen and oxygen atoms in total. The van der Waals surface area contributed by atoms with Gasteiger partial charge < -0.3 is 15.7 Å². The minimum atomic E-state index is -0.404. The highest BCUT2D eigenvalue weighted by molar-refractivity contribution is 6.09. The molecule has 26 heavy (non-hydrogen) atoms. The normalized spacial score (nSPS) is 13.4. The average Bonchev–Trinajstić information content (AvgIpc) is 3.46. The number of carbonyl (C=O) groups excluding carboxylic acids is 2. The van der Waals surface area contributed by atoms with Crippen LogP contribution in [-0.4, -0.2) is 16.9 Å².